The fourth-order valence-electron chi connectivity index (χ4n) is 5.22. The second-order valence-corrected chi connectivity index (χ2v) is 10.8. The molecular formula is C31H34N6O5S. The van der Waals surface area contributed by atoms with Gasteiger partial charge in [0.1, 0.15) is 0 Å². The van der Waals surface area contributed by atoms with E-state index >= 15 is 0 Å². The minimum Gasteiger partial charge on any atom is -0.378 e. The third-order valence-corrected chi connectivity index (χ3v) is 7.88. The van der Waals surface area contributed by atoms with Crippen molar-refractivity contribution in [2.45, 2.75) is 13.3 Å². The molecule has 0 saturated carbocycles. The van der Waals surface area contributed by atoms with Crippen molar-refractivity contribution in [3.8, 4) is 0 Å². The molecule has 0 bridgehead atoms. The molecule has 2 N–H and O–H groups in total. The van der Waals surface area contributed by atoms with Gasteiger partial charge in [-0.1, -0.05) is 19.1 Å². The molecule has 0 unspecified atom stereocenters. The van der Waals surface area contributed by atoms with Crippen LogP contribution in [0.25, 0.3) is 0 Å². The predicted octanol–water partition coefficient (Wildman–Crippen LogP) is 4.08. The number of morpholine rings is 1. The summed E-state index contributed by atoms with van der Waals surface area (Å²) >= 11 is 5.39. The molecule has 2 aliphatic heterocycles. The molecule has 3 aromatic rings. The Bertz CT molecular complexity index is 1480. The highest BCUT2D eigenvalue weighted by Crippen LogP contribution is 2.27. The van der Waals surface area contributed by atoms with Gasteiger partial charge in [-0.3, -0.25) is 25.0 Å². The molecule has 0 spiro atoms. The fraction of sp³-hybridized carbons (Fsp3) is 0.323. The number of hydrogen-bond donors (Lipinski definition) is 2. The van der Waals surface area contributed by atoms with Crippen LogP contribution in [0, 0.1) is 10.1 Å². The van der Waals surface area contributed by atoms with E-state index in [2.05, 4.69) is 22.5 Å². The highest BCUT2D eigenvalue weighted by molar-refractivity contribution is 7.80. The van der Waals surface area contributed by atoms with Gasteiger partial charge in [0.25, 0.3) is 17.5 Å². The molecule has 2 amide bonds. The van der Waals surface area contributed by atoms with Crippen LogP contribution in [0.2, 0.25) is 0 Å². The van der Waals surface area contributed by atoms with Crippen LogP contribution in [0.3, 0.4) is 0 Å². The van der Waals surface area contributed by atoms with Gasteiger partial charge >= 0.3 is 0 Å². The lowest BCUT2D eigenvalue weighted by Crippen LogP contribution is -2.48. The van der Waals surface area contributed by atoms with Crippen LogP contribution < -0.4 is 20.4 Å². The smallest absolute Gasteiger partial charge is 0.270 e. The second-order valence-electron chi connectivity index (χ2n) is 10.3. The summed E-state index contributed by atoms with van der Waals surface area (Å²) in [5.74, 6) is -0.479. The summed E-state index contributed by atoms with van der Waals surface area (Å²) in [5.41, 5.74) is 4.22. The summed E-state index contributed by atoms with van der Waals surface area (Å²) < 4.78 is 5.40. The van der Waals surface area contributed by atoms with Gasteiger partial charge in [-0.15, -0.1) is 0 Å². The van der Waals surface area contributed by atoms with E-state index in [0.717, 1.165) is 12.1 Å². The molecule has 2 heterocycles. The summed E-state index contributed by atoms with van der Waals surface area (Å²) in [6, 6.07) is 19.7. The zero-order valence-electron chi connectivity index (χ0n) is 24.0. The van der Waals surface area contributed by atoms with Crippen molar-refractivity contribution in [1.29, 1.82) is 0 Å². The zero-order chi connectivity index (χ0) is 30.3. The summed E-state index contributed by atoms with van der Waals surface area (Å²) in [6.07, 6.45) is 0.943. The highest BCUT2D eigenvalue weighted by atomic mass is 32.1. The van der Waals surface area contributed by atoms with Crippen LogP contribution >= 0.6 is 12.2 Å². The van der Waals surface area contributed by atoms with Crippen LogP contribution in [-0.4, -0.2) is 79.2 Å². The summed E-state index contributed by atoms with van der Waals surface area (Å²) in [5, 5.41) is 17.1. The summed E-state index contributed by atoms with van der Waals surface area (Å²) in [4.78, 5) is 43.0. The number of carbonyl (C=O) groups is 2. The maximum Gasteiger partial charge on any atom is 0.270 e. The van der Waals surface area contributed by atoms with Crippen molar-refractivity contribution >= 4 is 51.9 Å². The number of nitro groups is 1. The van der Waals surface area contributed by atoms with E-state index in [0.29, 0.717) is 69.4 Å². The second kappa shape index (κ2) is 13.6. The molecule has 0 aromatic heterocycles. The van der Waals surface area contributed by atoms with E-state index < -0.39 is 10.8 Å². The lowest BCUT2D eigenvalue weighted by Gasteiger charge is -2.36. The van der Waals surface area contributed by atoms with Gasteiger partial charge < -0.3 is 24.8 Å². The van der Waals surface area contributed by atoms with Gasteiger partial charge in [0.15, 0.2) is 5.11 Å². The topological polar surface area (TPSA) is 120 Å². The quantitative estimate of drug-likeness (QED) is 0.234. The normalized spacial score (nSPS) is 15.1. The van der Waals surface area contributed by atoms with Gasteiger partial charge in [-0.2, -0.15) is 0 Å². The first kappa shape index (κ1) is 29.9. The Balaban J connectivity index is 1.16. The van der Waals surface area contributed by atoms with Crippen molar-refractivity contribution in [3.05, 3.63) is 93.5 Å². The number of nitrogens with one attached hydrogen (secondary N) is 2. The molecule has 0 atom stereocenters. The molecule has 2 saturated heterocycles. The molecule has 11 nitrogen and oxygen atoms in total. The largest absolute Gasteiger partial charge is 0.378 e. The van der Waals surface area contributed by atoms with E-state index in [1.165, 1.54) is 17.7 Å². The average molecular weight is 603 g/mol. The van der Waals surface area contributed by atoms with Gasteiger partial charge in [-0.05, 0) is 66.7 Å². The fourth-order valence-corrected chi connectivity index (χ4v) is 5.43. The Hall–Kier alpha value is -4.55. The maximum absolute atomic E-state index is 13.2. The number of anilines is 3. The molecule has 2 aliphatic rings. The van der Waals surface area contributed by atoms with Gasteiger partial charge in [-0.25, -0.2) is 0 Å². The van der Waals surface area contributed by atoms with Gasteiger partial charge in [0.05, 0.1) is 29.4 Å². The van der Waals surface area contributed by atoms with Crippen molar-refractivity contribution < 1.29 is 19.2 Å². The van der Waals surface area contributed by atoms with E-state index in [1.54, 1.807) is 6.07 Å². The Morgan fingerprint density at radius 2 is 1.58 bits per heavy atom. The molecule has 12 heteroatoms. The Labute approximate surface area is 255 Å². The molecule has 0 aliphatic carbocycles. The molecular weight excluding hydrogens is 568 g/mol. The van der Waals surface area contributed by atoms with Crippen molar-refractivity contribution in [2.75, 3.05) is 67.6 Å². The van der Waals surface area contributed by atoms with Crippen molar-refractivity contribution in [1.82, 2.24) is 10.2 Å². The first-order valence-corrected chi connectivity index (χ1v) is 14.7. The molecule has 3 aromatic carbocycles. The minimum atomic E-state index is -0.534. The first-order valence-electron chi connectivity index (χ1n) is 14.3. The average Bonchev–Trinajstić information content (AvgIpc) is 3.05. The molecule has 2 fully saturated rings. The first-order chi connectivity index (χ1) is 20.8. The molecule has 5 rings (SSSR count). The monoisotopic (exact) mass is 602 g/mol. The molecule has 224 valence electrons. The number of non-ortho nitro benzene ring substituents is 1. The molecule has 0 radical (unpaired) electrons. The molecule has 43 heavy (non-hydrogen) atoms. The van der Waals surface area contributed by atoms with Crippen LogP contribution in [-0.2, 0) is 11.2 Å². The number of benzene rings is 3. The van der Waals surface area contributed by atoms with Gasteiger partial charge in [0.2, 0.25) is 0 Å². The number of amides is 2. The Kier molecular flexibility index (Phi) is 9.48. The number of ether oxygens (including phenoxy) is 1. The minimum absolute atomic E-state index is 0.0552. The standard InChI is InChI=1S/C31H34N6O5S/c1-2-22-3-5-23(6-4-22)30(39)36-15-13-34(14-16-36)25-9-7-24(8-10-25)32-31(43)33-29(38)27-21-26(37(40)41)11-12-28(27)35-17-19-42-20-18-35/h3-12,21H,2,13-20H2,1H3,(H2,32,33,38,43). The third-order valence-electron chi connectivity index (χ3n) is 7.68. The number of thiocarbonyl (C=S) groups is 1. The number of nitrogens with zero attached hydrogens (tertiary/aromatic N) is 4. The predicted molar refractivity (Wildman–Crippen MR) is 170 cm³/mol. The van der Waals surface area contributed by atoms with Crippen LogP contribution in [0.1, 0.15) is 33.2 Å². The zero-order valence-corrected chi connectivity index (χ0v) is 24.8. The number of hydrogen-bond acceptors (Lipinski definition) is 8. The van der Waals surface area contributed by atoms with Crippen molar-refractivity contribution in [2.24, 2.45) is 0 Å². The van der Waals surface area contributed by atoms with Crippen LogP contribution in [0.4, 0.5) is 22.7 Å². The van der Waals surface area contributed by atoms with Gasteiger partial charge in [0, 0.05) is 68.3 Å². The SMILES string of the molecule is CCc1ccc(C(=O)N2CCN(c3ccc(NC(=S)NC(=O)c4cc([N+](=O)[O-])ccc4N4CCOCC4)cc3)CC2)cc1. The van der Waals surface area contributed by atoms with E-state index in [-0.39, 0.29) is 22.3 Å². The summed E-state index contributed by atoms with van der Waals surface area (Å²) in [7, 11) is 0. The van der Waals surface area contributed by atoms with Crippen molar-refractivity contribution in [3.63, 3.8) is 0 Å². The van der Waals surface area contributed by atoms with E-state index in [9.17, 15) is 19.7 Å². The van der Waals surface area contributed by atoms with E-state index in [1.807, 2.05) is 58.3 Å². The summed E-state index contributed by atoms with van der Waals surface area (Å²) in [6.45, 7) is 6.96. The number of piperazine rings is 1. The van der Waals surface area contributed by atoms with Crippen LogP contribution in [0.5, 0.6) is 0 Å². The Morgan fingerprint density at radius 1 is 0.907 bits per heavy atom. The Morgan fingerprint density at radius 3 is 2.21 bits per heavy atom. The van der Waals surface area contributed by atoms with E-state index in [4.69, 9.17) is 17.0 Å². The number of rotatable bonds is 7. The number of nitro benzene ring substituents is 1. The van der Waals surface area contributed by atoms with Crippen LogP contribution in [0.15, 0.2) is 66.7 Å². The lowest BCUT2D eigenvalue weighted by atomic mass is 10.1. The highest BCUT2D eigenvalue weighted by Gasteiger charge is 2.24. The maximum atomic E-state index is 13.2. The number of aryl methyl sites for hydroxylation is 1. The third kappa shape index (κ3) is 7.27. The lowest BCUT2D eigenvalue weighted by molar-refractivity contribution is -0.384. The number of carbonyl (C=O) groups excluding carboxylic acids is 2.